The second-order valence-corrected chi connectivity index (χ2v) is 6.26. The van der Waals surface area contributed by atoms with Gasteiger partial charge in [-0.3, -0.25) is 0 Å². The molecule has 2 amide bonds. The Kier molecular flexibility index (Phi) is 5.84. The van der Waals surface area contributed by atoms with Crippen LogP contribution in [0.5, 0.6) is 0 Å². The quantitative estimate of drug-likeness (QED) is 0.815. The topological polar surface area (TPSA) is 69.6 Å². The van der Waals surface area contributed by atoms with Gasteiger partial charge in [-0.15, -0.1) is 0 Å². The number of carboxylic acid groups (broad SMARTS) is 1. The van der Waals surface area contributed by atoms with E-state index in [9.17, 15) is 14.7 Å². The average Bonchev–Trinajstić information content (AvgIpc) is 2.38. The molecule has 0 spiro atoms. The monoisotopic (exact) mass is 284 g/mol. The summed E-state index contributed by atoms with van der Waals surface area (Å²) in [6, 6.07) is -0.0643. The van der Waals surface area contributed by atoms with E-state index in [-0.39, 0.29) is 12.1 Å². The maximum Gasteiger partial charge on any atom is 0.329 e. The fourth-order valence-electron chi connectivity index (χ4n) is 3.07. The average molecular weight is 284 g/mol. The minimum atomic E-state index is -1.18. The number of hydrogen-bond donors (Lipinski definition) is 2. The Morgan fingerprint density at radius 1 is 1.35 bits per heavy atom. The summed E-state index contributed by atoms with van der Waals surface area (Å²) in [6.07, 6.45) is 5.64. The lowest BCUT2D eigenvalue weighted by Crippen LogP contribution is -2.57. The van der Waals surface area contributed by atoms with Crippen LogP contribution >= 0.6 is 0 Å². The molecule has 0 bridgehead atoms. The molecule has 1 fully saturated rings. The van der Waals surface area contributed by atoms with Gasteiger partial charge >= 0.3 is 12.0 Å². The number of carboxylic acids is 1. The Bertz CT molecular complexity index is 359. The van der Waals surface area contributed by atoms with Crippen molar-refractivity contribution >= 4 is 12.0 Å². The van der Waals surface area contributed by atoms with Crippen LogP contribution in [0.25, 0.3) is 0 Å². The highest BCUT2D eigenvalue weighted by molar-refractivity contribution is 5.85. The van der Waals surface area contributed by atoms with E-state index < -0.39 is 11.5 Å². The molecule has 1 aliphatic rings. The van der Waals surface area contributed by atoms with Crippen molar-refractivity contribution in [3.05, 3.63) is 0 Å². The van der Waals surface area contributed by atoms with E-state index >= 15 is 0 Å². The molecule has 20 heavy (non-hydrogen) atoms. The molecule has 1 saturated carbocycles. The van der Waals surface area contributed by atoms with Gasteiger partial charge in [0.2, 0.25) is 0 Å². The highest BCUT2D eigenvalue weighted by Crippen LogP contribution is 2.27. The SMILES string of the molecule is CCCC(C)(NC(=O)N(C)C1CCCCC1C)C(=O)O. The third-order valence-corrected chi connectivity index (χ3v) is 4.49. The zero-order valence-corrected chi connectivity index (χ0v) is 13.1. The summed E-state index contributed by atoms with van der Waals surface area (Å²) >= 11 is 0. The minimum Gasteiger partial charge on any atom is -0.480 e. The smallest absolute Gasteiger partial charge is 0.329 e. The fraction of sp³-hybridized carbons (Fsp3) is 0.867. The first kappa shape index (κ1) is 16.8. The lowest BCUT2D eigenvalue weighted by molar-refractivity contribution is -0.144. The second-order valence-electron chi connectivity index (χ2n) is 6.26. The Morgan fingerprint density at radius 3 is 2.45 bits per heavy atom. The molecule has 0 radical (unpaired) electrons. The Morgan fingerprint density at radius 2 is 1.95 bits per heavy atom. The predicted octanol–water partition coefficient (Wildman–Crippen LogP) is 2.85. The molecular weight excluding hydrogens is 256 g/mol. The van der Waals surface area contributed by atoms with Crippen LogP contribution in [0.15, 0.2) is 0 Å². The first-order valence-electron chi connectivity index (χ1n) is 7.60. The van der Waals surface area contributed by atoms with Crippen molar-refractivity contribution in [3.8, 4) is 0 Å². The summed E-state index contributed by atoms with van der Waals surface area (Å²) in [4.78, 5) is 25.4. The summed E-state index contributed by atoms with van der Waals surface area (Å²) in [6.45, 7) is 5.66. The number of rotatable bonds is 5. The van der Waals surface area contributed by atoms with Crippen molar-refractivity contribution < 1.29 is 14.7 Å². The summed E-state index contributed by atoms with van der Waals surface area (Å²) in [5.74, 6) is -0.500. The molecular formula is C15H28N2O3. The zero-order valence-electron chi connectivity index (χ0n) is 13.1. The van der Waals surface area contributed by atoms with Crippen LogP contribution in [0.3, 0.4) is 0 Å². The third-order valence-electron chi connectivity index (χ3n) is 4.49. The van der Waals surface area contributed by atoms with Crippen LogP contribution in [0, 0.1) is 5.92 Å². The van der Waals surface area contributed by atoms with Crippen LogP contribution in [0.4, 0.5) is 4.79 Å². The van der Waals surface area contributed by atoms with Crippen LogP contribution in [0.2, 0.25) is 0 Å². The fourth-order valence-corrected chi connectivity index (χ4v) is 3.07. The highest BCUT2D eigenvalue weighted by Gasteiger charge is 2.36. The van der Waals surface area contributed by atoms with Crippen molar-refractivity contribution in [1.82, 2.24) is 10.2 Å². The Balaban J connectivity index is 2.70. The normalized spacial score (nSPS) is 25.6. The summed E-state index contributed by atoms with van der Waals surface area (Å²) in [5, 5.41) is 12.0. The van der Waals surface area contributed by atoms with Crippen molar-refractivity contribution in [2.24, 2.45) is 5.92 Å². The maximum atomic E-state index is 12.3. The van der Waals surface area contributed by atoms with Crippen LogP contribution in [0.1, 0.15) is 59.3 Å². The van der Waals surface area contributed by atoms with Gasteiger partial charge in [-0.2, -0.15) is 0 Å². The van der Waals surface area contributed by atoms with E-state index in [1.54, 1.807) is 18.9 Å². The molecule has 0 aromatic carbocycles. The zero-order chi connectivity index (χ0) is 15.3. The predicted molar refractivity (Wildman–Crippen MR) is 78.7 cm³/mol. The molecule has 1 aliphatic carbocycles. The van der Waals surface area contributed by atoms with Gasteiger partial charge in [-0.1, -0.05) is 33.1 Å². The minimum absolute atomic E-state index is 0.212. The highest BCUT2D eigenvalue weighted by atomic mass is 16.4. The maximum absolute atomic E-state index is 12.3. The van der Waals surface area contributed by atoms with E-state index in [1.165, 1.54) is 6.42 Å². The number of hydrogen-bond acceptors (Lipinski definition) is 2. The molecule has 116 valence electrons. The molecule has 5 nitrogen and oxygen atoms in total. The standard InChI is InChI=1S/C15H28N2O3/c1-5-10-15(3,13(18)19)16-14(20)17(4)12-9-7-6-8-11(12)2/h11-12H,5-10H2,1-4H3,(H,16,20)(H,18,19). The van der Waals surface area contributed by atoms with Crippen molar-refractivity contribution in [2.75, 3.05) is 7.05 Å². The first-order chi connectivity index (χ1) is 9.31. The van der Waals surface area contributed by atoms with Gasteiger partial charge in [0, 0.05) is 13.1 Å². The molecule has 0 saturated heterocycles. The van der Waals surface area contributed by atoms with Gasteiger partial charge in [-0.25, -0.2) is 9.59 Å². The Hall–Kier alpha value is -1.26. The lowest BCUT2D eigenvalue weighted by atomic mass is 9.85. The number of carbonyl (C=O) groups is 2. The van der Waals surface area contributed by atoms with Gasteiger partial charge in [0.15, 0.2) is 0 Å². The lowest BCUT2D eigenvalue weighted by Gasteiger charge is -2.38. The Labute approximate surface area is 121 Å². The van der Waals surface area contributed by atoms with Crippen molar-refractivity contribution in [1.29, 1.82) is 0 Å². The van der Waals surface area contributed by atoms with E-state index in [1.807, 2.05) is 6.92 Å². The number of urea groups is 1. The van der Waals surface area contributed by atoms with E-state index in [2.05, 4.69) is 12.2 Å². The summed E-state index contributed by atoms with van der Waals surface area (Å²) < 4.78 is 0. The van der Waals surface area contributed by atoms with Crippen molar-refractivity contribution in [3.63, 3.8) is 0 Å². The van der Waals surface area contributed by atoms with Crippen molar-refractivity contribution in [2.45, 2.75) is 70.9 Å². The number of aliphatic carboxylic acids is 1. The van der Waals surface area contributed by atoms with Crippen LogP contribution in [-0.2, 0) is 4.79 Å². The second kappa shape index (κ2) is 6.95. The summed E-state index contributed by atoms with van der Waals surface area (Å²) in [5.41, 5.74) is -1.18. The van der Waals surface area contributed by atoms with Gasteiger partial charge in [0.05, 0.1) is 0 Å². The van der Waals surface area contributed by atoms with E-state index in [0.29, 0.717) is 18.8 Å². The van der Waals surface area contributed by atoms with Crippen LogP contribution in [-0.4, -0.2) is 40.6 Å². The number of nitrogens with zero attached hydrogens (tertiary/aromatic N) is 1. The van der Waals surface area contributed by atoms with E-state index in [0.717, 1.165) is 19.3 Å². The van der Waals surface area contributed by atoms with Gasteiger partial charge in [0.1, 0.15) is 5.54 Å². The first-order valence-corrected chi connectivity index (χ1v) is 7.60. The molecule has 3 atom stereocenters. The molecule has 0 aliphatic heterocycles. The molecule has 1 rings (SSSR count). The largest absolute Gasteiger partial charge is 0.480 e. The van der Waals surface area contributed by atoms with E-state index in [4.69, 9.17) is 0 Å². The number of amides is 2. The molecule has 5 heteroatoms. The molecule has 3 unspecified atom stereocenters. The summed E-state index contributed by atoms with van der Waals surface area (Å²) in [7, 11) is 1.77. The molecule has 0 aromatic rings. The van der Waals surface area contributed by atoms with Gasteiger partial charge in [-0.05, 0) is 32.1 Å². The van der Waals surface area contributed by atoms with Gasteiger partial charge < -0.3 is 15.3 Å². The molecule has 0 aromatic heterocycles. The van der Waals surface area contributed by atoms with Gasteiger partial charge in [0.25, 0.3) is 0 Å². The molecule has 0 heterocycles. The third kappa shape index (κ3) is 3.87. The molecule has 2 N–H and O–H groups in total. The number of nitrogens with one attached hydrogen (secondary N) is 1. The van der Waals surface area contributed by atoms with Crippen LogP contribution < -0.4 is 5.32 Å². The number of carbonyl (C=O) groups excluding carboxylic acids is 1.